The van der Waals surface area contributed by atoms with E-state index in [9.17, 15) is 14.4 Å². The number of likely N-dealkylation sites (tertiary alicyclic amines) is 1. The zero-order valence-electron chi connectivity index (χ0n) is 24.0. The number of hydrogen-bond donors (Lipinski definition) is 2. The minimum atomic E-state index is -0.734. The zero-order chi connectivity index (χ0) is 28.4. The van der Waals surface area contributed by atoms with E-state index in [1.807, 2.05) is 35.2 Å². The Labute approximate surface area is 238 Å². The number of methoxy groups -OCH3 is 1. The Bertz CT molecular complexity index is 1110. The van der Waals surface area contributed by atoms with Crippen LogP contribution in [0.2, 0.25) is 0 Å². The third-order valence-electron chi connectivity index (χ3n) is 8.26. The van der Waals surface area contributed by atoms with Crippen molar-refractivity contribution in [3.8, 4) is 5.75 Å². The standard InChI is InChI=1S/C32H44N4O4/c1-3-20-36-30(38)28(11-7-8-19-33-29(37)24-26-12-14-27(40-2)15-13-26)34-31(39)32(36)17-22-35(23-18-32)21-16-25-9-5-4-6-10-25/h4-6,9-10,12-15,28H,3,7-8,11,16-24H2,1-2H3,(H,33,37)(H,34,39)/t28-/m0/s1. The van der Waals surface area contributed by atoms with Crippen LogP contribution in [0.4, 0.5) is 0 Å². The van der Waals surface area contributed by atoms with Crippen LogP contribution in [-0.2, 0) is 27.2 Å². The van der Waals surface area contributed by atoms with Crippen molar-refractivity contribution in [2.45, 2.75) is 69.9 Å². The molecule has 8 nitrogen and oxygen atoms in total. The maximum Gasteiger partial charge on any atom is 0.246 e. The first-order valence-corrected chi connectivity index (χ1v) is 14.7. The van der Waals surface area contributed by atoms with Gasteiger partial charge in [-0.25, -0.2) is 0 Å². The van der Waals surface area contributed by atoms with Crippen LogP contribution in [-0.4, -0.2) is 78.9 Å². The molecule has 216 valence electrons. The molecule has 4 rings (SSSR count). The van der Waals surface area contributed by atoms with Gasteiger partial charge < -0.3 is 25.2 Å². The number of nitrogens with one attached hydrogen (secondary N) is 2. The fraction of sp³-hybridized carbons (Fsp3) is 0.531. The largest absolute Gasteiger partial charge is 0.497 e. The van der Waals surface area contributed by atoms with E-state index in [0.29, 0.717) is 38.8 Å². The van der Waals surface area contributed by atoms with E-state index in [-0.39, 0.29) is 17.7 Å². The molecule has 0 unspecified atom stereocenters. The predicted molar refractivity (Wildman–Crippen MR) is 156 cm³/mol. The van der Waals surface area contributed by atoms with E-state index < -0.39 is 11.6 Å². The number of carbonyl (C=O) groups is 3. The lowest BCUT2D eigenvalue weighted by Gasteiger charge is -2.51. The molecule has 0 saturated carbocycles. The number of carbonyl (C=O) groups excluding carboxylic acids is 3. The molecule has 3 amide bonds. The summed E-state index contributed by atoms with van der Waals surface area (Å²) in [7, 11) is 1.62. The summed E-state index contributed by atoms with van der Waals surface area (Å²) < 4.78 is 5.15. The lowest BCUT2D eigenvalue weighted by molar-refractivity contribution is -0.161. The summed E-state index contributed by atoms with van der Waals surface area (Å²) in [5, 5.41) is 6.04. The number of hydrogen-bond acceptors (Lipinski definition) is 5. The van der Waals surface area contributed by atoms with Gasteiger partial charge in [0.2, 0.25) is 17.7 Å². The highest BCUT2D eigenvalue weighted by Crippen LogP contribution is 2.34. The lowest BCUT2D eigenvalue weighted by atomic mass is 9.81. The molecule has 0 radical (unpaired) electrons. The number of benzene rings is 2. The maximum atomic E-state index is 13.6. The molecule has 1 atom stereocenters. The number of unbranched alkanes of at least 4 members (excludes halogenated alkanes) is 1. The third kappa shape index (κ3) is 7.42. The molecule has 2 aromatic rings. The van der Waals surface area contributed by atoms with Gasteiger partial charge in [0.05, 0.1) is 13.5 Å². The van der Waals surface area contributed by atoms with E-state index in [1.165, 1.54) is 5.56 Å². The molecule has 8 heteroatoms. The Morgan fingerprint density at radius 3 is 2.40 bits per heavy atom. The Kier molecular flexibility index (Phi) is 10.6. The Hall–Kier alpha value is -3.39. The van der Waals surface area contributed by atoms with Gasteiger partial charge in [-0.05, 0) is 68.2 Å². The molecule has 0 aliphatic carbocycles. The van der Waals surface area contributed by atoms with Crippen LogP contribution < -0.4 is 15.4 Å². The molecule has 2 fully saturated rings. The Balaban J connectivity index is 1.22. The average molecular weight is 549 g/mol. The van der Waals surface area contributed by atoms with Crippen LogP contribution in [0.25, 0.3) is 0 Å². The fourth-order valence-corrected chi connectivity index (χ4v) is 5.89. The highest BCUT2D eigenvalue weighted by molar-refractivity contribution is 6.00. The summed E-state index contributed by atoms with van der Waals surface area (Å²) >= 11 is 0. The van der Waals surface area contributed by atoms with Crippen molar-refractivity contribution in [3.63, 3.8) is 0 Å². The predicted octanol–water partition coefficient (Wildman–Crippen LogP) is 3.34. The van der Waals surface area contributed by atoms with Crippen molar-refractivity contribution in [1.29, 1.82) is 0 Å². The van der Waals surface area contributed by atoms with Crippen molar-refractivity contribution >= 4 is 17.7 Å². The quantitative estimate of drug-likeness (QED) is 0.375. The summed E-state index contributed by atoms with van der Waals surface area (Å²) in [6, 6.07) is 17.4. The normalized spacial score (nSPS) is 18.9. The third-order valence-corrected chi connectivity index (χ3v) is 8.26. The van der Waals surface area contributed by atoms with Gasteiger partial charge >= 0.3 is 0 Å². The molecule has 40 heavy (non-hydrogen) atoms. The highest BCUT2D eigenvalue weighted by atomic mass is 16.5. The van der Waals surface area contributed by atoms with Gasteiger partial charge in [-0.15, -0.1) is 0 Å². The van der Waals surface area contributed by atoms with Crippen molar-refractivity contribution in [2.75, 3.05) is 39.8 Å². The van der Waals surface area contributed by atoms with Crippen molar-refractivity contribution in [3.05, 3.63) is 65.7 Å². The Morgan fingerprint density at radius 1 is 1.00 bits per heavy atom. The van der Waals surface area contributed by atoms with Gasteiger partial charge in [0.1, 0.15) is 17.3 Å². The van der Waals surface area contributed by atoms with Crippen molar-refractivity contribution < 1.29 is 19.1 Å². The van der Waals surface area contributed by atoms with Gasteiger partial charge in [0.15, 0.2) is 0 Å². The van der Waals surface area contributed by atoms with Crippen LogP contribution in [0.3, 0.4) is 0 Å². The molecule has 2 aliphatic rings. The van der Waals surface area contributed by atoms with Crippen LogP contribution >= 0.6 is 0 Å². The van der Waals surface area contributed by atoms with E-state index in [0.717, 1.165) is 56.6 Å². The van der Waals surface area contributed by atoms with Gasteiger partial charge in [-0.1, -0.05) is 49.4 Å². The van der Waals surface area contributed by atoms with Crippen LogP contribution in [0, 0.1) is 0 Å². The number of rotatable bonds is 13. The van der Waals surface area contributed by atoms with Crippen LogP contribution in [0.1, 0.15) is 56.6 Å². The smallest absolute Gasteiger partial charge is 0.246 e. The molecule has 0 bridgehead atoms. The zero-order valence-corrected chi connectivity index (χ0v) is 24.0. The number of amides is 3. The molecule has 1 spiro atoms. The summed E-state index contributed by atoms with van der Waals surface area (Å²) in [4.78, 5) is 43.7. The molecule has 2 heterocycles. The van der Waals surface area contributed by atoms with Gasteiger partial charge in [-0.2, -0.15) is 0 Å². The van der Waals surface area contributed by atoms with Crippen molar-refractivity contribution in [1.82, 2.24) is 20.4 Å². The summed E-state index contributed by atoms with van der Waals surface area (Å²) in [5.41, 5.74) is 1.52. The maximum absolute atomic E-state index is 13.6. The monoisotopic (exact) mass is 548 g/mol. The first-order chi connectivity index (χ1) is 19.4. The van der Waals surface area contributed by atoms with Crippen molar-refractivity contribution in [2.24, 2.45) is 0 Å². The summed E-state index contributed by atoms with van der Waals surface area (Å²) in [6.45, 7) is 5.80. The summed E-state index contributed by atoms with van der Waals surface area (Å²) in [6.07, 6.45) is 5.56. The molecule has 0 aromatic heterocycles. The van der Waals surface area contributed by atoms with Gasteiger partial charge in [-0.3, -0.25) is 14.4 Å². The Morgan fingerprint density at radius 2 is 1.73 bits per heavy atom. The molecular formula is C32H44N4O4. The van der Waals surface area contributed by atoms with Crippen LogP contribution in [0.15, 0.2) is 54.6 Å². The minimum absolute atomic E-state index is 0.000976. The van der Waals surface area contributed by atoms with E-state index >= 15 is 0 Å². The molecular weight excluding hydrogens is 504 g/mol. The number of nitrogens with zero attached hydrogens (tertiary/aromatic N) is 2. The second kappa shape index (κ2) is 14.3. The highest BCUT2D eigenvalue weighted by Gasteiger charge is 2.52. The first kappa shape index (κ1) is 29.6. The van der Waals surface area contributed by atoms with E-state index in [1.54, 1.807) is 7.11 Å². The topological polar surface area (TPSA) is 91.0 Å². The number of piperidine rings is 1. The number of piperazine rings is 1. The SMILES string of the molecule is CCCN1C(=O)[C@H](CCCCNC(=O)Cc2ccc(OC)cc2)NC(=O)C12CCN(CCc1ccccc1)CC2. The average Bonchev–Trinajstić information content (AvgIpc) is 2.98. The van der Waals surface area contributed by atoms with E-state index in [2.05, 4.69) is 46.7 Å². The molecule has 2 aliphatic heterocycles. The summed E-state index contributed by atoms with van der Waals surface area (Å²) in [5.74, 6) is 0.781. The molecule has 2 aromatic carbocycles. The lowest BCUT2D eigenvalue weighted by Crippen LogP contribution is -2.72. The second-order valence-electron chi connectivity index (χ2n) is 11.0. The second-order valence-corrected chi connectivity index (χ2v) is 11.0. The van der Waals surface area contributed by atoms with Gasteiger partial charge in [0, 0.05) is 32.7 Å². The number of ether oxygens (including phenoxy) is 1. The fourth-order valence-electron chi connectivity index (χ4n) is 5.89. The molecule has 2 N–H and O–H groups in total. The van der Waals surface area contributed by atoms with E-state index in [4.69, 9.17) is 4.74 Å². The molecule has 2 saturated heterocycles. The van der Waals surface area contributed by atoms with Gasteiger partial charge in [0.25, 0.3) is 0 Å². The van der Waals surface area contributed by atoms with Crippen LogP contribution in [0.5, 0.6) is 5.75 Å². The first-order valence-electron chi connectivity index (χ1n) is 14.7. The minimum Gasteiger partial charge on any atom is -0.497 e.